The van der Waals surface area contributed by atoms with Crippen LogP contribution in [0, 0.1) is 0 Å². The van der Waals surface area contributed by atoms with Gasteiger partial charge >= 0.3 is 5.97 Å². The van der Waals surface area contributed by atoms with Crippen LogP contribution in [0.15, 0.2) is 58.5 Å². The van der Waals surface area contributed by atoms with E-state index in [4.69, 9.17) is 9.47 Å². The monoisotopic (exact) mass is 525 g/mol. The lowest BCUT2D eigenvalue weighted by atomic mass is 10.1. The number of aromatic nitrogens is 1. The maximum Gasteiger partial charge on any atom is 0.338 e. The van der Waals surface area contributed by atoms with Crippen molar-refractivity contribution in [2.24, 2.45) is 0 Å². The van der Waals surface area contributed by atoms with Crippen LogP contribution in [-0.2, 0) is 14.6 Å². The number of nitrogens with zero attached hydrogens (tertiary/aromatic N) is 3. The van der Waals surface area contributed by atoms with Crippen molar-refractivity contribution in [3.05, 3.63) is 54.2 Å². The van der Waals surface area contributed by atoms with Crippen LogP contribution in [0.2, 0.25) is 0 Å². The predicted octanol–water partition coefficient (Wildman–Crippen LogP) is 4.57. The van der Waals surface area contributed by atoms with Gasteiger partial charge in [0.2, 0.25) is 9.84 Å². The van der Waals surface area contributed by atoms with E-state index in [2.05, 4.69) is 28.8 Å². The number of anilines is 1. The van der Waals surface area contributed by atoms with Crippen molar-refractivity contribution in [1.82, 2.24) is 9.88 Å². The number of esters is 1. The minimum Gasteiger partial charge on any atom is -0.494 e. The first kappa shape index (κ1) is 26.9. The molecule has 1 aliphatic rings. The Morgan fingerprint density at radius 3 is 2.54 bits per heavy atom. The Balaban J connectivity index is 1.83. The first-order chi connectivity index (χ1) is 17.8. The summed E-state index contributed by atoms with van der Waals surface area (Å²) in [4.78, 5) is 21.6. The third-order valence-electron chi connectivity index (χ3n) is 6.54. The maximum absolute atomic E-state index is 14.0. The molecule has 0 atom stereocenters. The minimum absolute atomic E-state index is 0.130. The topological polar surface area (TPSA) is 89.0 Å². The van der Waals surface area contributed by atoms with E-state index in [1.807, 2.05) is 0 Å². The molecule has 1 aliphatic heterocycles. The highest BCUT2D eigenvalue weighted by Crippen LogP contribution is 2.37. The number of ether oxygens (including phenoxy) is 2. The van der Waals surface area contributed by atoms with Gasteiger partial charge in [-0.05, 0) is 75.8 Å². The molecule has 198 valence electrons. The van der Waals surface area contributed by atoms with Crippen molar-refractivity contribution in [3.8, 4) is 5.75 Å². The molecule has 0 amide bonds. The highest BCUT2D eigenvalue weighted by molar-refractivity contribution is 7.91. The van der Waals surface area contributed by atoms with Crippen molar-refractivity contribution in [2.45, 2.75) is 42.9 Å². The van der Waals surface area contributed by atoms with Crippen molar-refractivity contribution in [2.75, 3.05) is 51.3 Å². The van der Waals surface area contributed by atoms with Gasteiger partial charge in [0, 0.05) is 31.2 Å². The molecule has 1 fully saturated rings. The molecule has 0 spiro atoms. The molecular weight excluding hydrogens is 490 g/mol. The summed E-state index contributed by atoms with van der Waals surface area (Å²) in [5.41, 5.74) is 1.57. The number of benzene rings is 2. The second-order valence-corrected chi connectivity index (χ2v) is 11.2. The minimum atomic E-state index is -3.91. The zero-order valence-electron chi connectivity index (χ0n) is 21.8. The van der Waals surface area contributed by atoms with Crippen molar-refractivity contribution in [1.29, 1.82) is 0 Å². The van der Waals surface area contributed by atoms with Gasteiger partial charge in [0.05, 0.1) is 34.9 Å². The number of pyridine rings is 1. The number of carbonyl (C=O) groups excluding carboxylic acids is 1. The van der Waals surface area contributed by atoms with E-state index >= 15 is 0 Å². The zero-order chi connectivity index (χ0) is 26.4. The first-order valence-corrected chi connectivity index (χ1v) is 14.3. The Morgan fingerprint density at radius 1 is 1.03 bits per heavy atom. The number of unbranched alkanes of at least 4 members (excludes halogenated alkanes) is 1. The molecular formula is C28H35N3O5S. The van der Waals surface area contributed by atoms with Crippen LogP contribution in [0.3, 0.4) is 0 Å². The van der Waals surface area contributed by atoms with Crippen LogP contribution in [-0.4, -0.2) is 70.7 Å². The molecule has 4 rings (SSSR count). The van der Waals surface area contributed by atoms with Crippen molar-refractivity contribution < 1.29 is 22.7 Å². The molecule has 0 saturated carbocycles. The van der Waals surface area contributed by atoms with Gasteiger partial charge in [-0.1, -0.05) is 13.3 Å². The average molecular weight is 526 g/mol. The fraction of sp³-hybridized carbons (Fsp3) is 0.429. The SMILES string of the molecule is CCCCOc1ccc(S(=O)(=O)c2cnc3ccc(C(=O)OCC)cc3c2N2CCCN(C)CC2)cc1. The number of fused-ring (bicyclic) bond motifs is 1. The van der Waals surface area contributed by atoms with E-state index in [-0.39, 0.29) is 16.4 Å². The van der Waals surface area contributed by atoms with Crippen LogP contribution < -0.4 is 9.64 Å². The Labute approximate surface area is 219 Å². The molecule has 8 nitrogen and oxygen atoms in total. The highest BCUT2D eigenvalue weighted by atomic mass is 32.2. The lowest BCUT2D eigenvalue weighted by Gasteiger charge is -2.27. The van der Waals surface area contributed by atoms with Gasteiger partial charge in [0.25, 0.3) is 0 Å². The van der Waals surface area contributed by atoms with Gasteiger partial charge in [-0.25, -0.2) is 13.2 Å². The molecule has 2 aromatic carbocycles. The second-order valence-electron chi connectivity index (χ2n) is 9.24. The number of sulfone groups is 1. The largest absolute Gasteiger partial charge is 0.494 e. The van der Waals surface area contributed by atoms with E-state index < -0.39 is 15.8 Å². The van der Waals surface area contributed by atoms with Crippen LogP contribution in [0.1, 0.15) is 43.5 Å². The van der Waals surface area contributed by atoms with Crippen LogP contribution in [0.5, 0.6) is 5.75 Å². The van der Waals surface area contributed by atoms with E-state index in [0.29, 0.717) is 47.6 Å². The summed E-state index contributed by atoms with van der Waals surface area (Å²) in [7, 11) is -1.85. The van der Waals surface area contributed by atoms with E-state index in [1.165, 1.54) is 6.20 Å². The fourth-order valence-electron chi connectivity index (χ4n) is 4.47. The lowest BCUT2D eigenvalue weighted by Crippen LogP contribution is -2.30. The number of rotatable bonds is 9. The number of carbonyl (C=O) groups is 1. The summed E-state index contributed by atoms with van der Waals surface area (Å²) in [6.45, 7) is 7.77. The van der Waals surface area contributed by atoms with Gasteiger partial charge in [-0.2, -0.15) is 0 Å². The van der Waals surface area contributed by atoms with Crippen LogP contribution >= 0.6 is 0 Å². The van der Waals surface area contributed by atoms with E-state index in [1.54, 1.807) is 49.4 Å². The Morgan fingerprint density at radius 2 is 1.81 bits per heavy atom. The van der Waals surface area contributed by atoms with E-state index in [0.717, 1.165) is 32.4 Å². The average Bonchev–Trinajstić information content (AvgIpc) is 3.12. The molecule has 3 aromatic rings. The fourth-order valence-corrected chi connectivity index (χ4v) is 5.90. The normalized spacial score (nSPS) is 14.9. The Bertz CT molecular complexity index is 1340. The number of hydrogen-bond acceptors (Lipinski definition) is 8. The summed E-state index contributed by atoms with van der Waals surface area (Å²) in [6.07, 6.45) is 4.29. The summed E-state index contributed by atoms with van der Waals surface area (Å²) < 4.78 is 38.9. The molecule has 0 N–H and O–H groups in total. The Hall–Kier alpha value is -3.17. The molecule has 1 saturated heterocycles. The highest BCUT2D eigenvalue weighted by Gasteiger charge is 2.28. The number of likely N-dealkylation sites (N-methyl/N-ethyl adjacent to an activating group) is 1. The van der Waals surface area contributed by atoms with Gasteiger partial charge < -0.3 is 19.3 Å². The van der Waals surface area contributed by atoms with Gasteiger partial charge in [0.1, 0.15) is 10.6 Å². The van der Waals surface area contributed by atoms with Crippen molar-refractivity contribution >= 4 is 32.4 Å². The Kier molecular flexibility index (Phi) is 8.66. The number of hydrogen-bond donors (Lipinski definition) is 0. The molecule has 9 heteroatoms. The molecule has 0 radical (unpaired) electrons. The van der Waals surface area contributed by atoms with Gasteiger partial charge in [-0.3, -0.25) is 4.98 Å². The summed E-state index contributed by atoms with van der Waals surface area (Å²) in [5, 5.41) is 0.621. The van der Waals surface area contributed by atoms with Crippen LogP contribution in [0.4, 0.5) is 5.69 Å². The standard InChI is InChI=1S/C28H35N3O5S/c1-4-6-18-36-22-9-11-23(12-10-22)37(33,34)26-20-29-25-13-8-21(28(32)35-5-2)19-24(25)27(26)31-15-7-14-30(3)16-17-31/h8-13,19-20H,4-7,14-18H2,1-3H3. The lowest BCUT2D eigenvalue weighted by molar-refractivity contribution is 0.0526. The third-order valence-corrected chi connectivity index (χ3v) is 8.31. The first-order valence-electron chi connectivity index (χ1n) is 12.9. The molecule has 1 aromatic heterocycles. The predicted molar refractivity (Wildman–Crippen MR) is 144 cm³/mol. The second kappa shape index (κ2) is 11.9. The molecule has 2 heterocycles. The van der Waals surface area contributed by atoms with Gasteiger partial charge in [-0.15, -0.1) is 0 Å². The van der Waals surface area contributed by atoms with Crippen molar-refractivity contribution in [3.63, 3.8) is 0 Å². The summed E-state index contributed by atoms with van der Waals surface area (Å²) in [5.74, 6) is 0.191. The zero-order valence-corrected chi connectivity index (χ0v) is 22.6. The smallest absolute Gasteiger partial charge is 0.338 e. The molecule has 0 unspecified atom stereocenters. The molecule has 37 heavy (non-hydrogen) atoms. The third kappa shape index (κ3) is 6.05. The van der Waals surface area contributed by atoms with Crippen LogP contribution in [0.25, 0.3) is 10.9 Å². The molecule has 0 aliphatic carbocycles. The van der Waals surface area contributed by atoms with Gasteiger partial charge in [0.15, 0.2) is 0 Å². The quantitative estimate of drug-likeness (QED) is 0.297. The summed E-state index contributed by atoms with van der Waals surface area (Å²) >= 11 is 0. The van der Waals surface area contributed by atoms with E-state index in [9.17, 15) is 13.2 Å². The molecule has 0 bridgehead atoms. The maximum atomic E-state index is 14.0. The summed E-state index contributed by atoms with van der Waals surface area (Å²) in [6, 6.07) is 11.7.